The Morgan fingerprint density at radius 1 is 0.976 bits per heavy atom. The first-order chi connectivity index (χ1) is 19.3. The summed E-state index contributed by atoms with van der Waals surface area (Å²) < 4.78 is 97.3. The molecule has 0 aliphatic carbocycles. The molecule has 41 heavy (non-hydrogen) atoms. The van der Waals surface area contributed by atoms with Gasteiger partial charge < -0.3 is 24.6 Å². The third kappa shape index (κ3) is 7.62. The maximum absolute atomic E-state index is 13.1. The number of nitrogens with one attached hydrogen (secondary N) is 2. The molecular formula is C22H20F6N8O4S. The molecule has 1 aliphatic rings. The van der Waals surface area contributed by atoms with Gasteiger partial charge in [-0.1, -0.05) is 0 Å². The Bertz CT molecular complexity index is 1360. The van der Waals surface area contributed by atoms with E-state index in [0.717, 1.165) is 11.7 Å². The van der Waals surface area contributed by atoms with Crippen LogP contribution >= 0.6 is 11.7 Å². The van der Waals surface area contributed by atoms with Gasteiger partial charge in [-0.3, -0.25) is 5.32 Å². The van der Waals surface area contributed by atoms with Crippen molar-refractivity contribution < 1.29 is 45.4 Å². The summed E-state index contributed by atoms with van der Waals surface area (Å²) in [6.07, 6.45) is -9.42. The van der Waals surface area contributed by atoms with E-state index in [9.17, 15) is 35.9 Å². The molecule has 0 bridgehead atoms. The van der Waals surface area contributed by atoms with Crippen LogP contribution in [0.2, 0.25) is 0 Å². The number of ether oxygens (including phenoxy) is 2. The predicted molar refractivity (Wildman–Crippen MR) is 132 cm³/mol. The van der Waals surface area contributed by atoms with E-state index in [-0.39, 0.29) is 50.7 Å². The summed E-state index contributed by atoms with van der Waals surface area (Å²) in [7, 11) is 1.19. The summed E-state index contributed by atoms with van der Waals surface area (Å²) in [6.45, 7) is 0.583. The highest BCUT2D eigenvalue weighted by Gasteiger charge is 2.37. The monoisotopic (exact) mass is 606 g/mol. The quantitative estimate of drug-likeness (QED) is 0.390. The lowest BCUT2D eigenvalue weighted by Crippen LogP contribution is -2.50. The number of anilines is 3. The maximum atomic E-state index is 13.1. The first kappa shape index (κ1) is 29.6. The Hall–Kier alpha value is -4.42. The molecule has 0 atom stereocenters. The zero-order chi connectivity index (χ0) is 29.8. The highest BCUT2D eigenvalue weighted by molar-refractivity contribution is 6.99. The summed E-state index contributed by atoms with van der Waals surface area (Å²) in [5.74, 6) is 0.561. The zero-order valence-electron chi connectivity index (χ0n) is 20.9. The van der Waals surface area contributed by atoms with Gasteiger partial charge in [0.2, 0.25) is 11.8 Å². The summed E-state index contributed by atoms with van der Waals surface area (Å²) in [5.41, 5.74) is -3.29. The van der Waals surface area contributed by atoms with Gasteiger partial charge in [0.05, 0.1) is 35.7 Å². The number of hydrogen-bond donors (Lipinski definition) is 2. The van der Waals surface area contributed by atoms with Crippen molar-refractivity contribution in [3.05, 3.63) is 47.3 Å². The van der Waals surface area contributed by atoms with Crippen LogP contribution in [0.3, 0.4) is 0 Å². The van der Waals surface area contributed by atoms with Crippen LogP contribution < -0.4 is 20.3 Å². The molecule has 2 N–H and O–H groups in total. The van der Waals surface area contributed by atoms with E-state index in [1.807, 2.05) is 0 Å². The van der Waals surface area contributed by atoms with Crippen molar-refractivity contribution in [1.29, 1.82) is 0 Å². The van der Waals surface area contributed by atoms with E-state index in [1.54, 1.807) is 11.0 Å². The smallest absolute Gasteiger partial charge is 0.416 e. The first-order valence-electron chi connectivity index (χ1n) is 11.6. The van der Waals surface area contributed by atoms with E-state index in [0.29, 0.717) is 23.6 Å². The Morgan fingerprint density at radius 2 is 1.63 bits per heavy atom. The van der Waals surface area contributed by atoms with Crippen LogP contribution in [0.4, 0.5) is 53.4 Å². The molecule has 3 aromatic rings. The van der Waals surface area contributed by atoms with Crippen molar-refractivity contribution in [1.82, 2.24) is 23.6 Å². The van der Waals surface area contributed by atoms with Gasteiger partial charge in [-0.25, -0.2) is 19.6 Å². The molecule has 1 saturated heterocycles. The number of rotatable bonds is 6. The zero-order valence-corrected chi connectivity index (χ0v) is 21.7. The van der Waals surface area contributed by atoms with Gasteiger partial charge >= 0.3 is 24.5 Å². The third-order valence-electron chi connectivity index (χ3n) is 5.62. The maximum Gasteiger partial charge on any atom is 0.416 e. The molecule has 0 saturated carbocycles. The number of nitrogens with zero attached hydrogens (tertiary/aromatic N) is 6. The molecule has 220 valence electrons. The standard InChI is InChI=1S/C22H20F6N8O4S/c1-39-20(38)32-18-29-3-2-14(30-18)11-40-17-16(33-41-34-17)35-4-6-36(7-5-35)19(37)31-15-9-12(21(23,24)25)8-13(10-15)22(26,27)28/h2-3,8-10H,4-7,11H2,1H3,(H,31,37)(H,29,30,32,38). The number of urea groups is 1. The Balaban J connectivity index is 1.36. The highest BCUT2D eigenvalue weighted by Crippen LogP contribution is 2.37. The Kier molecular flexibility index (Phi) is 8.64. The average molecular weight is 607 g/mol. The second-order valence-electron chi connectivity index (χ2n) is 8.37. The van der Waals surface area contributed by atoms with E-state index in [2.05, 4.69) is 34.1 Å². The number of aromatic nitrogens is 4. The minimum atomic E-state index is -5.04. The molecule has 0 spiro atoms. The fraction of sp³-hybridized carbons (Fsp3) is 0.364. The molecule has 3 amide bonds. The summed E-state index contributed by atoms with van der Waals surface area (Å²) in [6, 6.07) is 1.57. The molecule has 0 unspecified atom stereocenters. The van der Waals surface area contributed by atoms with Crippen LogP contribution in [0.1, 0.15) is 16.8 Å². The van der Waals surface area contributed by atoms with Gasteiger partial charge in [-0.15, -0.1) is 4.37 Å². The minimum absolute atomic E-state index is 0.00346. The molecule has 12 nitrogen and oxygen atoms in total. The highest BCUT2D eigenvalue weighted by atomic mass is 32.1. The number of amides is 3. The lowest BCUT2D eigenvalue weighted by atomic mass is 10.1. The van der Waals surface area contributed by atoms with Crippen molar-refractivity contribution in [3.63, 3.8) is 0 Å². The summed E-state index contributed by atoms with van der Waals surface area (Å²) in [5, 5.41) is 4.45. The van der Waals surface area contributed by atoms with E-state index in [4.69, 9.17) is 4.74 Å². The van der Waals surface area contributed by atoms with Crippen molar-refractivity contribution in [2.24, 2.45) is 0 Å². The lowest BCUT2D eigenvalue weighted by Gasteiger charge is -2.34. The van der Waals surface area contributed by atoms with Gasteiger partial charge in [0.15, 0.2) is 0 Å². The molecule has 0 radical (unpaired) electrons. The molecule has 3 heterocycles. The molecule has 1 fully saturated rings. The molecule has 1 aliphatic heterocycles. The number of hydrogen-bond acceptors (Lipinski definition) is 10. The first-order valence-corrected chi connectivity index (χ1v) is 12.3. The van der Waals surface area contributed by atoms with Crippen molar-refractivity contribution in [3.8, 4) is 5.88 Å². The van der Waals surface area contributed by atoms with Crippen LogP contribution in [0.5, 0.6) is 5.88 Å². The topological polar surface area (TPSA) is 135 Å². The number of methoxy groups -OCH3 is 1. The number of carbonyl (C=O) groups is 2. The number of piperazine rings is 1. The Labute approximate surface area is 231 Å². The summed E-state index contributed by atoms with van der Waals surface area (Å²) >= 11 is 0.875. The van der Waals surface area contributed by atoms with E-state index in [1.165, 1.54) is 18.2 Å². The SMILES string of the molecule is COC(=O)Nc1nccc(COc2nsnc2N2CCN(C(=O)Nc3cc(C(F)(F)F)cc(C(F)(F)F)c3)CC2)n1. The average Bonchev–Trinajstić information content (AvgIpc) is 3.39. The number of alkyl halides is 6. The van der Waals surface area contributed by atoms with Crippen LogP contribution in [-0.2, 0) is 23.7 Å². The van der Waals surface area contributed by atoms with Crippen molar-refractivity contribution in [2.75, 3.05) is 48.8 Å². The van der Waals surface area contributed by atoms with Gasteiger partial charge in [0.25, 0.3) is 5.88 Å². The third-order valence-corrected chi connectivity index (χ3v) is 6.12. The molecule has 4 rings (SSSR count). The second-order valence-corrected chi connectivity index (χ2v) is 8.90. The Morgan fingerprint density at radius 3 is 2.24 bits per heavy atom. The van der Waals surface area contributed by atoms with Crippen molar-refractivity contribution in [2.45, 2.75) is 19.0 Å². The lowest BCUT2D eigenvalue weighted by molar-refractivity contribution is -0.143. The molecule has 19 heteroatoms. The normalized spacial score (nSPS) is 14.0. The van der Waals surface area contributed by atoms with Crippen LogP contribution in [-0.4, -0.2) is 69.0 Å². The fourth-order valence-electron chi connectivity index (χ4n) is 3.63. The van der Waals surface area contributed by atoms with E-state index >= 15 is 0 Å². The van der Waals surface area contributed by atoms with Gasteiger partial charge in [-0.05, 0) is 24.3 Å². The molecule has 1 aromatic carbocycles. The number of halogens is 6. The van der Waals surface area contributed by atoms with Gasteiger partial charge in [0, 0.05) is 38.1 Å². The minimum Gasteiger partial charge on any atom is -0.468 e. The van der Waals surface area contributed by atoms with Gasteiger partial charge in [-0.2, -0.15) is 30.7 Å². The second kappa shape index (κ2) is 12.0. The van der Waals surface area contributed by atoms with Crippen LogP contribution in [0, 0.1) is 0 Å². The fourth-order valence-corrected chi connectivity index (χ4v) is 4.15. The van der Waals surface area contributed by atoms with Gasteiger partial charge in [0.1, 0.15) is 6.61 Å². The predicted octanol–water partition coefficient (Wildman–Crippen LogP) is 4.48. The number of carbonyl (C=O) groups excluding carboxylic acids is 2. The molecule has 2 aromatic heterocycles. The largest absolute Gasteiger partial charge is 0.468 e. The number of benzene rings is 1. The van der Waals surface area contributed by atoms with Crippen molar-refractivity contribution >= 4 is 41.3 Å². The van der Waals surface area contributed by atoms with Crippen LogP contribution in [0.25, 0.3) is 0 Å². The summed E-state index contributed by atoms with van der Waals surface area (Å²) in [4.78, 5) is 35.0. The van der Waals surface area contributed by atoms with E-state index < -0.39 is 41.3 Å². The van der Waals surface area contributed by atoms with Crippen LogP contribution in [0.15, 0.2) is 30.5 Å². The molecular weight excluding hydrogens is 586 g/mol.